The summed E-state index contributed by atoms with van der Waals surface area (Å²) in [4.78, 5) is 27.2. The number of fused-ring (bicyclic) bond motifs is 1. The molecular formula is C38H41Cl3O11. The largest absolute Gasteiger partial charge is 0.452 e. The van der Waals surface area contributed by atoms with Crippen LogP contribution in [0.1, 0.15) is 54.0 Å². The maximum atomic E-state index is 13.7. The summed E-state index contributed by atoms with van der Waals surface area (Å²) in [6, 6.07) is 26.3. The quantitative estimate of drug-likeness (QED) is 0.151. The minimum Gasteiger partial charge on any atom is -0.452 e. The number of carbonyl (C=O) groups excluding carboxylic acids is 2. The van der Waals surface area contributed by atoms with Crippen molar-refractivity contribution in [3.63, 3.8) is 0 Å². The molecule has 3 fully saturated rings. The molecule has 0 amide bonds. The Morgan fingerprint density at radius 1 is 0.654 bits per heavy atom. The molecule has 3 aromatic rings. The molecule has 0 aliphatic carbocycles. The van der Waals surface area contributed by atoms with E-state index in [1.54, 1.807) is 81.4 Å². The minimum absolute atomic E-state index is 0.0614. The van der Waals surface area contributed by atoms with Gasteiger partial charge >= 0.3 is 11.9 Å². The molecule has 11 nitrogen and oxygen atoms in total. The summed E-state index contributed by atoms with van der Waals surface area (Å²) in [6.45, 7) is 6.80. The molecule has 0 unspecified atom stereocenters. The van der Waals surface area contributed by atoms with E-state index in [2.05, 4.69) is 0 Å². The summed E-state index contributed by atoms with van der Waals surface area (Å²) in [5.41, 5.74) is 1.40. The van der Waals surface area contributed by atoms with Gasteiger partial charge in [0.2, 0.25) is 3.79 Å². The molecule has 3 aliphatic heterocycles. The normalized spacial score (nSPS) is 31.4. The topological polar surface area (TPSA) is 117 Å². The molecule has 14 heteroatoms. The Bertz CT molecular complexity index is 1630. The molecule has 3 aromatic carbocycles. The van der Waals surface area contributed by atoms with Crippen LogP contribution >= 0.6 is 34.8 Å². The highest BCUT2D eigenvalue weighted by Crippen LogP contribution is 2.41. The second-order valence-corrected chi connectivity index (χ2v) is 15.8. The molecular weight excluding hydrogens is 739 g/mol. The van der Waals surface area contributed by atoms with E-state index >= 15 is 0 Å². The highest BCUT2D eigenvalue weighted by molar-refractivity contribution is 6.67. The van der Waals surface area contributed by atoms with Crippen molar-refractivity contribution in [2.45, 2.75) is 105 Å². The second kappa shape index (κ2) is 16.7. The van der Waals surface area contributed by atoms with Crippen molar-refractivity contribution in [1.82, 2.24) is 0 Å². The zero-order chi connectivity index (χ0) is 37.0. The number of esters is 2. The van der Waals surface area contributed by atoms with Crippen molar-refractivity contribution in [3.05, 3.63) is 108 Å². The van der Waals surface area contributed by atoms with Gasteiger partial charge in [-0.15, -0.1) is 0 Å². The number of halogens is 3. The third kappa shape index (κ3) is 9.64. The van der Waals surface area contributed by atoms with Gasteiger partial charge in [0.15, 0.2) is 30.6 Å². The van der Waals surface area contributed by atoms with Crippen LogP contribution < -0.4 is 0 Å². The smallest absolute Gasteiger partial charge is 0.338 e. The molecule has 0 saturated carbocycles. The molecule has 3 aliphatic rings. The van der Waals surface area contributed by atoms with Gasteiger partial charge < -0.3 is 42.6 Å². The Morgan fingerprint density at radius 3 is 1.75 bits per heavy atom. The van der Waals surface area contributed by atoms with Crippen LogP contribution in [-0.4, -0.2) is 89.5 Å². The Kier molecular flexibility index (Phi) is 12.5. The monoisotopic (exact) mass is 778 g/mol. The number of rotatable bonds is 11. The van der Waals surface area contributed by atoms with Gasteiger partial charge in [0, 0.05) is 0 Å². The third-order valence-electron chi connectivity index (χ3n) is 8.79. The lowest BCUT2D eigenvalue weighted by molar-refractivity contribution is -0.358. The average molecular weight is 780 g/mol. The van der Waals surface area contributed by atoms with Crippen LogP contribution in [0, 0.1) is 0 Å². The fourth-order valence-corrected chi connectivity index (χ4v) is 6.61. The molecule has 3 saturated heterocycles. The van der Waals surface area contributed by atoms with Gasteiger partial charge in [0.25, 0.3) is 0 Å². The van der Waals surface area contributed by atoms with Crippen LogP contribution in [0.5, 0.6) is 0 Å². The lowest BCUT2D eigenvalue weighted by atomic mass is 9.97. The number of benzene rings is 3. The lowest BCUT2D eigenvalue weighted by Gasteiger charge is -2.47. The number of carbonyl (C=O) groups is 2. The van der Waals surface area contributed by atoms with E-state index in [0.717, 1.165) is 5.56 Å². The van der Waals surface area contributed by atoms with E-state index in [1.807, 2.05) is 37.3 Å². The summed E-state index contributed by atoms with van der Waals surface area (Å²) >= 11 is 18.2. The molecule has 0 radical (unpaired) electrons. The number of hydrogen-bond donors (Lipinski definition) is 0. The van der Waals surface area contributed by atoms with Gasteiger partial charge in [0.1, 0.15) is 24.4 Å². The molecule has 0 N–H and O–H groups in total. The third-order valence-corrected chi connectivity index (χ3v) is 9.11. The van der Waals surface area contributed by atoms with Gasteiger partial charge in [-0.3, -0.25) is 0 Å². The van der Waals surface area contributed by atoms with Crippen LogP contribution in [0.3, 0.4) is 0 Å². The van der Waals surface area contributed by atoms with Crippen molar-refractivity contribution in [2.75, 3.05) is 6.61 Å². The standard InChI is InChI=1S/C38H41Cl3O11/c1-22-27(48-33(42)25-16-10-6-11-17-25)29(49-34(43)26-18-12-7-13-19-26)31(44-20-24-14-8-5-9-15-24)36(47-22)50-32-30-28(51-37(3,4)52-30)23(2)46-35(32)45-21-38(39,40)41/h5-19,22-23,27-32,35-36H,20-21H2,1-4H3/t22-,23-,27+,28+,29+,30+,31-,32-,35+,36-/m0/s1. The first-order valence-electron chi connectivity index (χ1n) is 17.0. The SMILES string of the molecule is C[C@@H]1O[C@@H](O[C@@H]2[C@H](OCC(Cl)(Cl)Cl)O[C@@H](C)[C@H]3OC(C)(C)O[C@@H]23)[C@@H](OCc2ccccc2)[C@H](OC(=O)c2ccccc2)[C@@H]1OC(=O)c1ccccc1. The Balaban J connectivity index is 1.36. The van der Waals surface area contributed by atoms with Gasteiger partial charge in [-0.25, -0.2) is 9.59 Å². The van der Waals surface area contributed by atoms with Crippen LogP contribution in [-0.2, 0) is 49.2 Å². The first kappa shape index (κ1) is 38.9. The summed E-state index contributed by atoms with van der Waals surface area (Å²) < 4.78 is 55.0. The molecule has 0 spiro atoms. The van der Waals surface area contributed by atoms with Crippen molar-refractivity contribution in [2.24, 2.45) is 0 Å². The van der Waals surface area contributed by atoms with Crippen LogP contribution in [0.25, 0.3) is 0 Å². The maximum Gasteiger partial charge on any atom is 0.338 e. The summed E-state index contributed by atoms with van der Waals surface area (Å²) in [7, 11) is 0. The summed E-state index contributed by atoms with van der Waals surface area (Å²) in [5, 5.41) is 0. The fraction of sp³-hybridized carbons (Fsp3) is 0.474. The zero-order valence-corrected chi connectivity index (χ0v) is 31.2. The van der Waals surface area contributed by atoms with Gasteiger partial charge in [0.05, 0.1) is 36.5 Å². The molecule has 52 heavy (non-hydrogen) atoms. The average Bonchev–Trinajstić information content (AvgIpc) is 3.46. The van der Waals surface area contributed by atoms with Crippen molar-refractivity contribution in [3.8, 4) is 0 Å². The Labute approximate surface area is 317 Å². The summed E-state index contributed by atoms with van der Waals surface area (Å²) in [5.74, 6) is -2.30. The number of ether oxygens (including phenoxy) is 9. The predicted octanol–water partition coefficient (Wildman–Crippen LogP) is 6.80. The Morgan fingerprint density at radius 2 is 1.17 bits per heavy atom. The van der Waals surface area contributed by atoms with E-state index in [4.69, 9.17) is 77.4 Å². The van der Waals surface area contributed by atoms with Crippen molar-refractivity contribution < 1.29 is 52.2 Å². The molecule has 280 valence electrons. The predicted molar refractivity (Wildman–Crippen MR) is 190 cm³/mol. The van der Waals surface area contributed by atoms with E-state index in [1.165, 1.54) is 0 Å². The lowest BCUT2D eigenvalue weighted by Crippen LogP contribution is -2.64. The molecule has 0 aromatic heterocycles. The van der Waals surface area contributed by atoms with E-state index in [0.29, 0.717) is 5.56 Å². The van der Waals surface area contributed by atoms with Crippen molar-refractivity contribution >= 4 is 46.7 Å². The van der Waals surface area contributed by atoms with Gasteiger partial charge in [-0.05, 0) is 57.5 Å². The first-order chi connectivity index (χ1) is 24.8. The number of alkyl halides is 3. The first-order valence-corrected chi connectivity index (χ1v) is 18.1. The summed E-state index contributed by atoms with van der Waals surface area (Å²) in [6.07, 6.45) is -9.58. The second-order valence-electron chi connectivity index (χ2n) is 13.2. The van der Waals surface area contributed by atoms with Gasteiger partial charge in [-0.2, -0.15) is 0 Å². The Hall–Kier alpha value is -2.81. The van der Waals surface area contributed by atoms with Crippen LogP contribution in [0.4, 0.5) is 0 Å². The maximum absolute atomic E-state index is 13.7. The van der Waals surface area contributed by atoms with Crippen LogP contribution in [0.15, 0.2) is 91.0 Å². The van der Waals surface area contributed by atoms with Crippen molar-refractivity contribution in [1.29, 1.82) is 0 Å². The zero-order valence-electron chi connectivity index (χ0n) is 29.0. The molecule has 10 atom stereocenters. The minimum atomic E-state index is -1.76. The number of hydrogen-bond acceptors (Lipinski definition) is 11. The van der Waals surface area contributed by atoms with E-state index in [9.17, 15) is 9.59 Å². The molecule has 6 rings (SSSR count). The van der Waals surface area contributed by atoms with Crippen LogP contribution in [0.2, 0.25) is 0 Å². The highest BCUT2D eigenvalue weighted by atomic mass is 35.6. The molecule has 3 heterocycles. The molecule has 0 bridgehead atoms. The fourth-order valence-electron chi connectivity index (χ4n) is 6.42. The van der Waals surface area contributed by atoms with E-state index < -0.39 is 82.9 Å². The van der Waals surface area contributed by atoms with E-state index in [-0.39, 0.29) is 18.8 Å². The highest BCUT2D eigenvalue weighted by Gasteiger charge is 2.58. The van der Waals surface area contributed by atoms with Gasteiger partial charge in [-0.1, -0.05) is 102 Å².